The predicted molar refractivity (Wildman–Crippen MR) is 81.1 cm³/mol. The Labute approximate surface area is 126 Å². The van der Waals surface area contributed by atoms with Gasteiger partial charge in [-0.25, -0.2) is 12.8 Å². The van der Waals surface area contributed by atoms with Crippen LogP contribution in [0.25, 0.3) is 0 Å². The van der Waals surface area contributed by atoms with Gasteiger partial charge < -0.3 is 5.32 Å². The van der Waals surface area contributed by atoms with Crippen LogP contribution in [0.5, 0.6) is 0 Å². The smallest absolute Gasteiger partial charge is 0.243 e. The van der Waals surface area contributed by atoms with Gasteiger partial charge in [0.25, 0.3) is 0 Å². The van der Waals surface area contributed by atoms with E-state index in [9.17, 15) is 12.8 Å². The molecule has 0 spiro atoms. The van der Waals surface area contributed by atoms with Gasteiger partial charge in [0.2, 0.25) is 10.0 Å². The van der Waals surface area contributed by atoms with Gasteiger partial charge in [0.1, 0.15) is 5.82 Å². The molecule has 1 aliphatic rings. The molecule has 0 bridgehead atoms. The van der Waals surface area contributed by atoms with Crippen LogP contribution in [0, 0.1) is 12.7 Å². The number of nitrogens with one attached hydrogen (secondary N) is 1. The SMILES string of the molecule is CCNCc1cc(F)c(C)c(S(=O)(=O)N2CCCC2C)c1. The molecule has 4 nitrogen and oxygen atoms in total. The lowest BCUT2D eigenvalue weighted by molar-refractivity contribution is 0.407. The molecule has 1 aliphatic heterocycles. The van der Waals surface area contributed by atoms with Crippen LogP contribution in [0.4, 0.5) is 4.39 Å². The van der Waals surface area contributed by atoms with E-state index in [-0.39, 0.29) is 16.5 Å². The summed E-state index contributed by atoms with van der Waals surface area (Å²) >= 11 is 0. The Hall–Kier alpha value is -0.980. The summed E-state index contributed by atoms with van der Waals surface area (Å²) in [7, 11) is -3.62. The topological polar surface area (TPSA) is 49.4 Å². The van der Waals surface area contributed by atoms with E-state index in [1.807, 2.05) is 13.8 Å². The summed E-state index contributed by atoms with van der Waals surface area (Å²) < 4.78 is 41.1. The first-order valence-electron chi connectivity index (χ1n) is 7.39. The van der Waals surface area contributed by atoms with Gasteiger partial charge >= 0.3 is 0 Å². The summed E-state index contributed by atoms with van der Waals surface area (Å²) in [6.07, 6.45) is 1.72. The van der Waals surface area contributed by atoms with Crippen LogP contribution < -0.4 is 5.32 Å². The Morgan fingerprint density at radius 1 is 1.43 bits per heavy atom. The Morgan fingerprint density at radius 2 is 2.14 bits per heavy atom. The normalized spacial score (nSPS) is 20.1. The molecule has 2 rings (SSSR count). The highest BCUT2D eigenvalue weighted by Gasteiger charge is 2.34. The maximum Gasteiger partial charge on any atom is 0.243 e. The fourth-order valence-corrected chi connectivity index (χ4v) is 4.72. The van der Waals surface area contributed by atoms with Crippen molar-refractivity contribution in [1.29, 1.82) is 0 Å². The summed E-state index contributed by atoms with van der Waals surface area (Å²) in [5, 5.41) is 3.09. The highest BCUT2D eigenvalue weighted by molar-refractivity contribution is 7.89. The van der Waals surface area contributed by atoms with Gasteiger partial charge in [0.05, 0.1) is 4.90 Å². The highest BCUT2D eigenvalue weighted by Crippen LogP contribution is 2.29. The van der Waals surface area contributed by atoms with Crippen LogP contribution in [-0.2, 0) is 16.6 Å². The van der Waals surface area contributed by atoms with Crippen LogP contribution >= 0.6 is 0 Å². The van der Waals surface area contributed by atoms with Gasteiger partial charge in [0.15, 0.2) is 0 Å². The predicted octanol–water partition coefficient (Wildman–Crippen LogP) is 2.42. The molecule has 1 fully saturated rings. The monoisotopic (exact) mass is 314 g/mol. The van der Waals surface area contributed by atoms with E-state index in [4.69, 9.17) is 0 Å². The van der Waals surface area contributed by atoms with Crippen molar-refractivity contribution in [3.05, 3.63) is 29.1 Å². The molecule has 0 aliphatic carbocycles. The average Bonchev–Trinajstić information content (AvgIpc) is 2.86. The van der Waals surface area contributed by atoms with Crippen molar-refractivity contribution < 1.29 is 12.8 Å². The Kier molecular flexibility index (Phi) is 5.01. The van der Waals surface area contributed by atoms with E-state index in [2.05, 4.69) is 5.32 Å². The van der Waals surface area contributed by atoms with Crippen molar-refractivity contribution in [2.75, 3.05) is 13.1 Å². The maximum atomic E-state index is 14.1. The minimum Gasteiger partial charge on any atom is -0.313 e. The van der Waals surface area contributed by atoms with Crippen molar-refractivity contribution >= 4 is 10.0 Å². The summed E-state index contributed by atoms with van der Waals surface area (Å²) in [5.41, 5.74) is 0.861. The third kappa shape index (κ3) is 3.27. The Balaban J connectivity index is 2.44. The molecule has 1 atom stereocenters. The van der Waals surface area contributed by atoms with Crippen LogP contribution in [0.1, 0.15) is 37.8 Å². The van der Waals surface area contributed by atoms with Crippen molar-refractivity contribution in [3.8, 4) is 0 Å². The molecular formula is C15H23FN2O2S. The molecule has 21 heavy (non-hydrogen) atoms. The van der Waals surface area contributed by atoms with Gasteiger partial charge in [0, 0.05) is 24.7 Å². The van der Waals surface area contributed by atoms with E-state index >= 15 is 0 Å². The molecule has 0 amide bonds. The maximum absolute atomic E-state index is 14.1. The Morgan fingerprint density at radius 3 is 2.71 bits per heavy atom. The number of hydrogen-bond donors (Lipinski definition) is 1. The number of benzene rings is 1. The number of sulfonamides is 1. The molecule has 1 unspecified atom stereocenters. The summed E-state index contributed by atoms with van der Waals surface area (Å²) in [6, 6.07) is 2.99. The zero-order valence-electron chi connectivity index (χ0n) is 12.8. The molecule has 0 aromatic heterocycles. The standard InChI is InChI=1S/C15H23FN2O2S/c1-4-17-10-13-8-14(16)12(3)15(9-13)21(19,20)18-7-5-6-11(18)2/h8-9,11,17H,4-7,10H2,1-3H3. The van der Waals surface area contributed by atoms with E-state index in [0.717, 1.165) is 19.4 Å². The van der Waals surface area contributed by atoms with Crippen LogP contribution in [0.2, 0.25) is 0 Å². The molecule has 1 aromatic carbocycles. The fraction of sp³-hybridized carbons (Fsp3) is 0.600. The van der Waals surface area contributed by atoms with Crippen LogP contribution in [0.3, 0.4) is 0 Å². The van der Waals surface area contributed by atoms with Gasteiger partial charge in [-0.3, -0.25) is 0 Å². The third-order valence-electron chi connectivity index (χ3n) is 4.01. The minimum atomic E-state index is -3.62. The van der Waals surface area contributed by atoms with Crippen LogP contribution in [-0.4, -0.2) is 31.9 Å². The molecule has 1 heterocycles. The second-order valence-electron chi connectivity index (χ2n) is 5.59. The lowest BCUT2D eigenvalue weighted by atomic mass is 10.1. The minimum absolute atomic E-state index is 0.0186. The molecule has 118 valence electrons. The van der Waals surface area contributed by atoms with E-state index in [1.165, 1.54) is 17.3 Å². The third-order valence-corrected chi connectivity index (χ3v) is 6.15. The van der Waals surface area contributed by atoms with Crippen molar-refractivity contribution in [2.45, 2.75) is 51.1 Å². The van der Waals surface area contributed by atoms with Crippen molar-refractivity contribution in [3.63, 3.8) is 0 Å². The lowest BCUT2D eigenvalue weighted by Crippen LogP contribution is -2.34. The molecule has 1 saturated heterocycles. The van der Waals surface area contributed by atoms with Gasteiger partial charge in [-0.2, -0.15) is 4.31 Å². The Bertz CT molecular complexity index is 616. The first-order valence-corrected chi connectivity index (χ1v) is 8.83. The fourth-order valence-electron chi connectivity index (χ4n) is 2.74. The quantitative estimate of drug-likeness (QED) is 0.908. The highest BCUT2D eigenvalue weighted by atomic mass is 32.2. The molecule has 1 N–H and O–H groups in total. The van der Waals surface area contributed by atoms with Crippen molar-refractivity contribution in [1.82, 2.24) is 9.62 Å². The second kappa shape index (κ2) is 6.42. The summed E-state index contributed by atoms with van der Waals surface area (Å²) in [6.45, 7) is 7.11. The molecule has 1 aromatic rings. The number of hydrogen-bond acceptors (Lipinski definition) is 3. The van der Waals surface area contributed by atoms with E-state index < -0.39 is 15.8 Å². The van der Waals surface area contributed by atoms with Gasteiger partial charge in [-0.15, -0.1) is 0 Å². The second-order valence-corrected chi connectivity index (χ2v) is 7.45. The first kappa shape index (κ1) is 16.4. The lowest BCUT2D eigenvalue weighted by Gasteiger charge is -2.22. The number of rotatable bonds is 5. The average molecular weight is 314 g/mol. The number of nitrogens with zero attached hydrogens (tertiary/aromatic N) is 1. The molecule has 6 heteroatoms. The zero-order valence-corrected chi connectivity index (χ0v) is 13.6. The van der Waals surface area contributed by atoms with Gasteiger partial charge in [-0.05, 0) is 50.9 Å². The molecule has 0 saturated carbocycles. The summed E-state index contributed by atoms with van der Waals surface area (Å²) in [4.78, 5) is 0.101. The molecular weight excluding hydrogens is 291 g/mol. The number of halogens is 1. The van der Waals surface area contributed by atoms with Gasteiger partial charge in [-0.1, -0.05) is 6.92 Å². The van der Waals surface area contributed by atoms with Crippen molar-refractivity contribution in [2.24, 2.45) is 0 Å². The molecule has 0 radical (unpaired) electrons. The van der Waals surface area contributed by atoms with E-state index in [0.29, 0.717) is 18.7 Å². The zero-order chi connectivity index (χ0) is 15.6. The van der Waals surface area contributed by atoms with Crippen LogP contribution in [0.15, 0.2) is 17.0 Å². The summed E-state index contributed by atoms with van der Waals surface area (Å²) in [5.74, 6) is -0.462. The largest absolute Gasteiger partial charge is 0.313 e. The van der Waals surface area contributed by atoms with E-state index in [1.54, 1.807) is 6.07 Å². The first-order chi connectivity index (χ1) is 9.87.